The van der Waals surface area contributed by atoms with Crippen LogP contribution in [-0.2, 0) is 6.18 Å². The van der Waals surface area contributed by atoms with Gasteiger partial charge in [-0.15, -0.1) is 0 Å². The van der Waals surface area contributed by atoms with Crippen molar-refractivity contribution in [2.24, 2.45) is 0 Å². The number of nitrogens with zero attached hydrogens (tertiary/aromatic N) is 4. The van der Waals surface area contributed by atoms with Gasteiger partial charge in [-0.2, -0.15) is 18.4 Å². The van der Waals surface area contributed by atoms with Crippen molar-refractivity contribution in [2.75, 3.05) is 31.1 Å². The number of aromatic nitrogens is 1. The molecule has 1 atom stereocenters. The highest BCUT2D eigenvalue weighted by Gasteiger charge is 2.32. The van der Waals surface area contributed by atoms with Crippen LogP contribution in [0.15, 0.2) is 12.3 Å². The molecule has 1 saturated heterocycles. The number of hydrogen-bond acceptors (Lipinski definition) is 4. The van der Waals surface area contributed by atoms with Gasteiger partial charge in [0.1, 0.15) is 5.82 Å². The van der Waals surface area contributed by atoms with Crippen molar-refractivity contribution >= 4 is 17.4 Å². The second kappa shape index (κ2) is 6.08. The summed E-state index contributed by atoms with van der Waals surface area (Å²) in [7, 11) is 0. The van der Waals surface area contributed by atoms with Gasteiger partial charge in [0.2, 0.25) is 0 Å². The van der Waals surface area contributed by atoms with Gasteiger partial charge in [0.15, 0.2) is 0 Å². The van der Waals surface area contributed by atoms with Crippen LogP contribution in [0.4, 0.5) is 19.0 Å². The lowest BCUT2D eigenvalue weighted by atomic mass is 10.2. The zero-order valence-corrected chi connectivity index (χ0v) is 12.1. The zero-order valence-electron chi connectivity index (χ0n) is 11.4. The molecule has 0 amide bonds. The Labute approximate surface area is 125 Å². The smallest absolute Gasteiger partial charge is 0.353 e. The van der Waals surface area contributed by atoms with E-state index < -0.39 is 11.7 Å². The summed E-state index contributed by atoms with van der Waals surface area (Å²) in [6.07, 6.45) is -3.65. The lowest BCUT2D eigenvalue weighted by Crippen LogP contribution is -2.49. The Morgan fingerprint density at radius 2 is 1.95 bits per heavy atom. The highest BCUT2D eigenvalue weighted by molar-refractivity contribution is 6.33. The first-order valence-corrected chi connectivity index (χ1v) is 6.82. The molecule has 1 aliphatic rings. The predicted molar refractivity (Wildman–Crippen MR) is 73.1 cm³/mol. The minimum Gasteiger partial charge on any atom is -0.353 e. The van der Waals surface area contributed by atoms with Crippen LogP contribution in [-0.4, -0.2) is 42.1 Å². The standard InChI is InChI=1S/C13H14ClF3N4/c1-9(7-18)20-2-4-21(5-3-20)12-11(14)6-10(8-19-12)13(15,16)17/h6,8-9H,2-5H2,1H3/t9-/m1/s1. The normalized spacial score (nSPS) is 18.4. The summed E-state index contributed by atoms with van der Waals surface area (Å²) < 4.78 is 37.7. The van der Waals surface area contributed by atoms with Gasteiger partial charge in [-0.1, -0.05) is 11.6 Å². The first kappa shape index (κ1) is 15.9. The third-order valence-electron chi connectivity index (χ3n) is 3.50. The predicted octanol–water partition coefficient (Wildman–Crippen LogP) is 2.79. The third kappa shape index (κ3) is 3.57. The Morgan fingerprint density at radius 1 is 1.33 bits per heavy atom. The van der Waals surface area contributed by atoms with Crippen molar-refractivity contribution in [3.05, 3.63) is 22.8 Å². The van der Waals surface area contributed by atoms with E-state index in [0.717, 1.165) is 12.3 Å². The summed E-state index contributed by atoms with van der Waals surface area (Å²) in [5, 5.41) is 8.87. The molecular weight excluding hydrogens is 305 g/mol. The van der Waals surface area contributed by atoms with Crippen molar-refractivity contribution in [1.82, 2.24) is 9.88 Å². The molecule has 1 aromatic rings. The highest BCUT2D eigenvalue weighted by atomic mass is 35.5. The molecule has 2 rings (SSSR count). The topological polar surface area (TPSA) is 43.2 Å². The van der Waals surface area contributed by atoms with Crippen LogP contribution >= 0.6 is 11.6 Å². The monoisotopic (exact) mass is 318 g/mol. The molecule has 1 fully saturated rings. The van der Waals surface area contributed by atoms with E-state index in [2.05, 4.69) is 11.1 Å². The van der Waals surface area contributed by atoms with E-state index in [0.29, 0.717) is 32.0 Å². The molecule has 0 spiro atoms. The summed E-state index contributed by atoms with van der Waals surface area (Å²) in [5.74, 6) is 0.355. The Balaban J connectivity index is 2.09. The van der Waals surface area contributed by atoms with E-state index in [9.17, 15) is 13.2 Å². The van der Waals surface area contributed by atoms with Crippen LogP contribution in [0.25, 0.3) is 0 Å². The summed E-state index contributed by atoms with van der Waals surface area (Å²) in [4.78, 5) is 7.69. The van der Waals surface area contributed by atoms with E-state index in [4.69, 9.17) is 16.9 Å². The van der Waals surface area contributed by atoms with Crippen LogP contribution in [0, 0.1) is 11.3 Å². The van der Waals surface area contributed by atoms with Crippen molar-refractivity contribution < 1.29 is 13.2 Å². The maximum absolute atomic E-state index is 12.6. The summed E-state index contributed by atoms with van der Waals surface area (Å²) in [5.41, 5.74) is -0.854. The van der Waals surface area contributed by atoms with Crippen LogP contribution in [0.5, 0.6) is 0 Å². The lowest BCUT2D eigenvalue weighted by molar-refractivity contribution is -0.137. The maximum atomic E-state index is 12.6. The number of pyridine rings is 1. The van der Waals surface area contributed by atoms with Crippen molar-refractivity contribution in [3.63, 3.8) is 0 Å². The second-order valence-electron chi connectivity index (χ2n) is 4.86. The van der Waals surface area contributed by atoms with E-state index in [1.54, 1.807) is 0 Å². The number of halogens is 4. The van der Waals surface area contributed by atoms with Crippen molar-refractivity contribution in [1.29, 1.82) is 5.26 Å². The quantitative estimate of drug-likeness (QED) is 0.841. The molecule has 114 valence electrons. The van der Waals surface area contributed by atoms with Gasteiger partial charge in [-0.05, 0) is 13.0 Å². The van der Waals surface area contributed by atoms with Gasteiger partial charge in [-0.25, -0.2) is 4.98 Å². The zero-order chi connectivity index (χ0) is 15.6. The SMILES string of the molecule is C[C@H](C#N)N1CCN(c2ncc(C(F)(F)F)cc2Cl)CC1. The van der Waals surface area contributed by atoms with Gasteiger partial charge in [0.25, 0.3) is 0 Å². The minimum atomic E-state index is -4.45. The van der Waals surface area contributed by atoms with Gasteiger partial charge >= 0.3 is 6.18 Å². The molecule has 0 saturated carbocycles. The molecule has 2 heterocycles. The van der Waals surface area contributed by atoms with Gasteiger partial charge < -0.3 is 4.90 Å². The number of hydrogen-bond donors (Lipinski definition) is 0. The highest BCUT2D eigenvalue weighted by Crippen LogP contribution is 2.33. The molecule has 0 unspecified atom stereocenters. The number of alkyl halides is 3. The molecule has 0 radical (unpaired) electrons. The molecule has 0 bridgehead atoms. The molecule has 4 nitrogen and oxygen atoms in total. The Morgan fingerprint density at radius 3 is 2.43 bits per heavy atom. The number of anilines is 1. The summed E-state index contributed by atoms with van der Waals surface area (Å²) in [6, 6.07) is 2.88. The first-order valence-electron chi connectivity index (χ1n) is 6.44. The van der Waals surface area contributed by atoms with Crippen molar-refractivity contribution in [3.8, 4) is 6.07 Å². The molecule has 8 heteroatoms. The Bertz CT molecular complexity index is 547. The minimum absolute atomic E-state index is 0.00777. The van der Waals surface area contributed by atoms with Crippen LogP contribution < -0.4 is 4.90 Å². The largest absolute Gasteiger partial charge is 0.417 e. The molecule has 0 N–H and O–H groups in total. The first-order chi connectivity index (χ1) is 9.82. The van der Waals surface area contributed by atoms with E-state index in [1.165, 1.54) is 0 Å². The Hall–Kier alpha value is -1.52. The molecular formula is C13H14ClF3N4. The van der Waals surface area contributed by atoms with E-state index in [-0.39, 0.29) is 11.1 Å². The van der Waals surface area contributed by atoms with Gasteiger partial charge in [0, 0.05) is 32.4 Å². The van der Waals surface area contributed by atoms with Crippen LogP contribution in [0.1, 0.15) is 12.5 Å². The average Bonchev–Trinajstić information content (AvgIpc) is 2.45. The van der Waals surface area contributed by atoms with Crippen LogP contribution in [0.2, 0.25) is 5.02 Å². The van der Waals surface area contributed by atoms with E-state index in [1.807, 2.05) is 16.7 Å². The van der Waals surface area contributed by atoms with E-state index >= 15 is 0 Å². The summed E-state index contributed by atoms with van der Waals surface area (Å²) >= 11 is 5.92. The molecule has 21 heavy (non-hydrogen) atoms. The van der Waals surface area contributed by atoms with Gasteiger partial charge in [-0.3, -0.25) is 4.90 Å². The number of piperazine rings is 1. The fraction of sp³-hybridized carbons (Fsp3) is 0.538. The lowest BCUT2D eigenvalue weighted by Gasteiger charge is -2.36. The molecule has 1 aromatic heterocycles. The second-order valence-corrected chi connectivity index (χ2v) is 5.26. The fourth-order valence-corrected chi connectivity index (χ4v) is 2.51. The number of rotatable bonds is 2. The Kier molecular flexibility index (Phi) is 4.59. The molecule has 0 aromatic carbocycles. The van der Waals surface area contributed by atoms with Crippen molar-refractivity contribution in [2.45, 2.75) is 19.1 Å². The maximum Gasteiger partial charge on any atom is 0.417 e. The fourth-order valence-electron chi connectivity index (χ4n) is 2.22. The summed E-state index contributed by atoms with van der Waals surface area (Å²) in [6.45, 7) is 4.26. The number of nitriles is 1. The van der Waals surface area contributed by atoms with Gasteiger partial charge in [0.05, 0.1) is 22.7 Å². The average molecular weight is 319 g/mol. The molecule has 0 aliphatic carbocycles. The third-order valence-corrected chi connectivity index (χ3v) is 3.78. The molecule has 1 aliphatic heterocycles. The van der Waals surface area contributed by atoms with Crippen LogP contribution in [0.3, 0.4) is 0 Å².